The molecule has 4 rings (SSSR count). The molecule has 2 aromatic carbocycles. The molecule has 1 saturated heterocycles. The number of carbonyl (C=O) groups excluding carboxylic acids is 3. The minimum Gasteiger partial charge on any atom is -0.489 e. The Bertz CT molecular complexity index is 1400. The second-order valence-electron chi connectivity index (χ2n) is 8.78. The summed E-state index contributed by atoms with van der Waals surface area (Å²) in [6, 6.07) is 14.6. The first-order valence-electron chi connectivity index (χ1n) is 12.1. The number of alkyl halides is 3. The predicted octanol–water partition coefficient (Wildman–Crippen LogP) is 5.89. The predicted molar refractivity (Wildman–Crippen MR) is 146 cm³/mol. The smallest absolute Gasteiger partial charge is 0.471 e. The van der Waals surface area contributed by atoms with Gasteiger partial charge in [0.2, 0.25) is 0 Å². The first kappa shape index (κ1) is 29.2. The summed E-state index contributed by atoms with van der Waals surface area (Å²) in [5.74, 6) is -2.39. The highest BCUT2D eigenvalue weighted by molar-refractivity contribution is 7.98. The van der Waals surface area contributed by atoms with E-state index in [1.807, 2.05) is 6.26 Å². The zero-order chi connectivity index (χ0) is 28.9. The van der Waals surface area contributed by atoms with Gasteiger partial charge in [0.15, 0.2) is 0 Å². The number of pyridine rings is 1. The van der Waals surface area contributed by atoms with Crippen LogP contribution in [0.5, 0.6) is 5.75 Å². The van der Waals surface area contributed by atoms with Crippen molar-refractivity contribution in [1.82, 2.24) is 9.88 Å². The van der Waals surface area contributed by atoms with E-state index in [0.717, 1.165) is 9.80 Å². The van der Waals surface area contributed by atoms with Gasteiger partial charge >= 0.3 is 12.1 Å². The van der Waals surface area contributed by atoms with E-state index in [0.29, 0.717) is 5.02 Å². The summed E-state index contributed by atoms with van der Waals surface area (Å²) in [7, 11) is 0. The number of piperidine rings is 1. The van der Waals surface area contributed by atoms with Crippen LogP contribution in [0.2, 0.25) is 5.02 Å². The van der Waals surface area contributed by atoms with E-state index in [1.165, 1.54) is 18.0 Å². The van der Waals surface area contributed by atoms with Crippen molar-refractivity contribution in [3.05, 3.63) is 76.9 Å². The van der Waals surface area contributed by atoms with Gasteiger partial charge in [-0.3, -0.25) is 14.4 Å². The fourth-order valence-corrected chi connectivity index (χ4v) is 4.60. The fourth-order valence-electron chi connectivity index (χ4n) is 4.06. The van der Waals surface area contributed by atoms with Gasteiger partial charge in [0.25, 0.3) is 11.8 Å². The normalized spacial score (nSPS) is 14.0. The number of para-hydroxylation sites is 1. The summed E-state index contributed by atoms with van der Waals surface area (Å²) >= 11 is 7.27. The second kappa shape index (κ2) is 12.6. The molecule has 0 unspecified atom stereocenters. The number of halogens is 4. The van der Waals surface area contributed by atoms with E-state index in [-0.39, 0.29) is 54.3 Å². The molecule has 2 N–H and O–H groups in total. The third-order valence-corrected chi connectivity index (χ3v) is 7.04. The van der Waals surface area contributed by atoms with Crippen LogP contribution in [0.4, 0.5) is 24.7 Å². The highest BCUT2D eigenvalue weighted by Gasteiger charge is 2.43. The van der Waals surface area contributed by atoms with Crippen molar-refractivity contribution in [2.24, 2.45) is 0 Å². The molecule has 3 aromatic rings. The highest BCUT2D eigenvalue weighted by Crippen LogP contribution is 2.30. The molecule has 3 amide bonds. The number of ether oxygens (including phenoxy) is 1. The average molecular weight is 593 g/mol. The number of hydrogen-bond donors (Lipinski definition) is 2. The van der Waals surface area contributed by atoms with Crippen LogP contribution < -0.4 is 15.4 Å². The largest absolute Gasteiger partial charge is 0.489 e. The van der Waals surface area contributed by atoms with Crippen LogP contribution in [0.25, 0.3) is 0 Å². The molecule has 0 bridgehead atoms. The molecule has 2 heterocycles. The van der Waals surface area contributed by atoms with E-state index in [4.69, 9.17) is 16.3 Å². The third kappa shape index (κ3) is 7.24. The fraction of sp³-hybridized carbons (Fsp3) is 0.259. The van der Waals surface area contributed by atoms with E-state index in [1.54, 1.807) is 54.6 Å². The van der Waals surface area contributed by atoms with Gasteiger partial charge in [0.05, 0.1) is 21.8 Å². The Morgan fingerprint density at radius 2 is 1.70 bits per heavy atom. The SMILES string of the molecule is CSc1ccc(C(=O)Nc2ccccc2C(=O)Nc2ccc(Cl)cn2)c(OC2CCN(C(=O)C(F)(F)F)CC2)c1. The number of hydrogen-bond acceptors (Lipinski definition) is 6. The number of benzene rings is 2. The van der Waals surface area contributed by atoms with Crippen LogP contribution in [0.1, 0.15) is 33.6 Å². The minimum atomic E-state index is -4.93. The maximum atomic E-state index is 13.4. The monoisotopic (exact) mass is 592 g/mol. The van der Waals surface area contributed by atoms with Crippen LogP contribution >= 0.6 is 23.4 Å². The van der Waals surface area contributed by atoms with Gasteiger partial charge in [-0.15, -0.1) is 11.8 Å². The van der Waals surface area contributed by atoms with Gasteiger partial charge in [0, 0.05) is 37.0 Å². The molecule has 13 heteroatoms. The zero-order valence-corrected chi connectivity index (χ0v) is 22.7. The number of nitrogens with one attached hydrogen (secondary N) is 2. The van der Waals surface area contributed by atoms with Crippen LogP contribution in [-0.4, -0.2) is 59.2 Å². The van der Waals surface area contributed by atoms with E-state index < -0.39 is 30.0 Å². The average Bonchev–Trinajstić information content (AvgIpc) is 2.94. The number of carbonyl (C=O) groups is 3. The van der Waals surface area contributed by atoms with E-state index in [9.17, 15) is 27.6 Å². The maximum absolute atomic E-state index is 13.4. The van der Waals surface area contributed by atoms with Gasteiger partial charge in [-0.2, -0.15) is 13.2 Å². The maximum Gasteiger partial charge on any atom is 0.471 e. The first-order chi connectivity index (χ1) is 19.0. The first-order valence-corrected chi connectivity index (χ1v) is 13.7. The van der Waals surface area contributed by atoms with Gasteiger partial charge < -0.3 is 20.3 Å². The summed E-state index contributed by atoms with van der Waals surface area (Å²) in [5.41, 5.74) is 0.622. The van der Waals surface area contributed by atoms with Crippen LogP contribution in [0.15, 0.2) is 65.7 Å². The summed E-state index contributed by atoms with van der Waals surface area (Å²) in [4.78, 5) is 43.4. The second-order valence-corrected chi connectivity index (χ2v) is 10.1. The molecule has 210 valence electrons. The quantitative estimate of drug-likeness (QED) is 0.332. The molecule has 1 aromatic heterocycles. The molecule has 40 heavy (non-hydrogen) atoms. The molecule has 0 saturated carbocycles. The van der Waals surface area contributed by atoms with Gasteiger partial charge in [-0.1, -0.05) is 23.7 Å². The lowest BCUT2D eigenvalue weighted by atomic mass is 10.1. The molecular weight excluding hydrogens is 569 g/mol. The summed E-state index contributed by atoms with van der Waals surface area (Å²) in [6.07, 6.45) is -1.83. The van der Waals surface area contributed by atoms with E-state index >= 15 is 0 Å². The number of likely N-dealkylation sites (tertiary alicyclic amines) is 1. The Morgan fingerprint density at radius 1 is 1.00 bits per heavy atom. The molecule has 0 atom stereocenters. The highest BCUT2D eigenvalue weighted by atomic mass is 35.5. The van der Waals surface area contributed by atoms with Crippen molar-refractivity contribution in [1.29, 1.82) is 0 Å². The molecule has 0 aliphatic carbocycles. The van der Waals surface area contributed by atoms with Crippen molar-refractivity contribution in [2.45, 2.75) is 30.0 Å². The van der Waals surface area contributed by atoms with Crippen LogP contribution in [0.3, 0.4) is 0 Å². The summed E-state index contributed by atoms with van der Waals surface area (Å²) in [5, 5.41) is 5.82. The number of nitrogens with zero attached hydrogens (tertiary/aromatic N) is 2. The summed E-state index contributed by atoms with van der Waals surface area (Å²) < 4.78 is 44.4. The molecule has 8 nitrogen and oxygen atoms in total. The van der Waals surface area contributed by atoms with E-state index in [2.05, 4.69) is 15.6 Å². The Hall–Kier alpha value is -3.77. The Balaban J connectivity index is 1.49. The number of thioether (sulfide) groups is 1. The van der Waals surface area contributed by atoms with Crippen molar-refractivity contribution >= 4 is 52.6 Å². The Labute approximate surface area is 237 Å². The number of amides is 3. The lowest BCUT2D eigenvalue weighted by molar-refractivity contribution is -0.187. The Morgan fingerprint density at radius 3 is 2.35 bits per heavy atom. The van der Waals surface area contributed by atoms with Crippen molar-refractivity contribution in [3.8, 4) is 5.75 Å². The molecular formula is C27H24ClF3N4O4S. The molecule has 0 spiro atoms. The zero-order valence-electron chi connectivity index (χ0n) is 21.1. The van der Waals surface area contributed by atoms with Crippen LogP contribution in [-0.2, 0) is 4.79 Å². The summed E-state index contributed by atoms with van der Waals surface area (Å²) in [6.45, 7) is -0.227. The van der Waals surface area contributed by atoms with Gasteiger partial charge in [-0.05, 0) is 48.7 Å². The van der Waals surface area contributed by atoms with Crippen molar-refractivity contribution in [3.63, 3.8) is 0 Å². The molecule has 1 fully saturated rings. The number of rotatable bonds is 7. The minimum absolute atomic E-state index is 0.113. The topological polar surface area (TPSA) is 101 Å². The lowest BCUT2D eigenvalue weighted by Crippen LogP contribution is -2.47. The number of anilines is 2. The van der Waals surface area contributed by atoms with Crippen molar-refractivity contribution in [2.75, 3.05) is 30.0 Å². The standard InChI is InChI=1S/C27H24ClF3N4O4S/c1-40-18-7-8-20(22(14-18)39-17-10-12-35(13-11-17)26(38)27(29,30)31)25(37)33-21-5-3-2-4-19(21)24(36)34-23-9-6-16(28)15-32-23/h2-9,14-15,17H,10-13H2,1H3,(H,33,37)(H,32,34,36). The van der Waals surface area contributed by atoms with Crippen molar-refractivity contribution < 1.29 is 32.3 Å². The Kier molecular flexibility index (Phi) is 9.21. The van der Waals surface area contributed by atoms with Crippen LogP contribution in [0, 0.1) is 0 Å². The third-order valence-electron chi connectivity index (χ3n) is 6.09. The number of aromatic nitrogens is 1. The van der Waals surface area contributed by atoms with Gasteiger partial charge in [0.1, 0.15) is 17.7 Å². The van der Waals surface area contributed by atoms with Gasteiger partial charge in [-0.25, -0.2) is 4.98 Å². The molecule has 1 aliphatic heterocycles. The molecule has 1 aliphatic rings. The lowest BCUT2D eigenvalue weighted by Gasteiger charge is -2.32. The molecule has 0 radical (unpaired) electrons.